The van der Waals surface area contributed by atoms with Gasteiger partial charge in [-0.25, -0.2) is 4.39 Å². The van der Waals surface area contributed by atoms with Crippen LogP contribution in [0.4, 0.5) is 10.1 Å². The first kappa shape index (κ1) is 17.3. The number of rotatable bonds is 6. The van der Waals surface area contributed by atoms with Gasteiger partial charge >= 0.3 is 11.9 Å². The van der Waals surface area contributed by atoms with Crippen molar-refractivity contribution in [3.8, 4) is 0 Å². The van der Waals surface area contributed by atoms with E-state index in [1.54, 1.807) is 13.8 Å². The molecule has 0 spiro atoms. The van der Waals surface area contributed by atoms with Gasteiger partial charge in [-0.1, -0.05) is 0 Å². The summed E-state index contributed by atoms with van der Waals surface area (Å²) in [6.45, 7) is 3.51. The molecule has 1 aromatic rings. The number of ether oxygens (including phenoxy) is 2. The fraction of sp³-hybridized carbons (Fsp3) is 0.357. The highest BCUT2D eigenvalue weighted by Crippen LogP contribution is 2.25. The molecule has 0 heterocycles. The maximum atomic E-state index is 13.2. The maximum absolute atomic E-state index is 13.2. The molecule has 1 rings (SSSR count). The normalized spacial score (nSPS) is 10.9. The highest BCUT2D eigenvalue weighted by Gasteiger charge is 2.27. The standard InChI is InChI=1S/C14H15BrFNO4/c1-3-20-13(18)10(14(19)21-4-2)8-17-12-7-9(16)5-6-11(12)15/h5-8,10H,3-4H2,1-2H3. The minimum Gasteiger partial charge on any atom is -0.465 e. The maximum Gasteiger partial charge on any atom is 0.325 e. The van der Waals surface area contributed by atoms with E-state index in [1.807, 2.05) is 0 Å². The zero-order valence-electron chi connectivity index (χ0n) is 11.6. The van der Waals surface area contributed by atoms with Crippen LogP contribution in [0.3, 0.4) is 0 Å². The summed E-state index contributed by atoms with van der Waals surface area (Å²) in [5.74, 6) is -3.27. The van der Waals surface area contributed by atoms with Crippen LogP contribution in [0.5, 0.6) is 0 Å². The molecule has 1 aromatic carbocycles. The van der Waals surface area contributed by atoms with E-state index in [-0.39, 0.29) is 18.9 Å². The van der Waals surface area contributed by atoms with Crippen molar-refractivity contribution >= 4 is 39.8 Å². The lowest BCUT2D eigenvalue weighted by Gasteiger charge is -2.10. The van der Waals surface area contributed by atoms with E-state index < -0.39 is 23.7 Å². The SMILES string of the molecule is CCOC(=O)C(C=Nc1cc(F)ccc1Br)C(=O)OCC. The molecule has 0 aromatic heterocycles. The van der Waals surface area contributed by atoms with Crippen LogP contribution in [-0.4, -0.2) is 31.4 Å². The van der Waals surface area contributed by atoms with E-state index in [9.17, 15) is 14.0 Å². The molecule has 0 fully saturated rings. The second-order valence-corrected chi connectivity index (χ2v) is 4.71. The highest BCUT2D eigenvalue weighted by molar-refractivity contribution is 9.10. The highest BCUT2D eigenvalue weighted by atomic mass is 79.9. The van der Waals surface area contributed by atoms with Gasteiger partial charge in [0.1, 0.15) is 5.82 Å². The van der Waals surface area contributed by atoms with Gasteiger partial charge in [0.05, 0.1) is 18.9 Å². The molecule has 0 aliphatic heterocycles. The van der Waals surface area contributed by atoms with Crippen molar-refractivity contribution in [3.05, 3.63) is 28.5 Å². The number of hydrogen-bond donors (Lipinski definition) is 0. The van der Waals surface area contributed by atoms with Gasteiger partial charge in [-0.05, 0) is 41.9 Å². The Morgan fingerprint density at radius 1 is 1.29 bits per heavy atom. The molecule has 7 heteroatoms. The van der Waals surface area contributed by atoms with Crippen molar-refractivity contribution in [3.63, 3.8) is 0 Å². The Labute approximate surface area is 130 Å². The van der Waals surface area contributed by atoms with E-state index >= 15 is 0 Å². The molecular weight excluding hydrogens is 345 g/mol. The summed E-state index contributed by atoms with van der Waals surface area (Å²) in [5, 5.41) is 0. The lowest BCUT2D eigenvalue weighted by molar-refractivity contribution is -0.157. The van der Waals surface area contributed by atoms with E-state index in [2.05, 4.69) is 20.9 Å². The predicted molar refractivity (Wildman–Crippen MR) is 79.0 cm³/mol. The van der Waals surface area contributed by atoms with Crippen molar-refractivity contribution < 1.29 is 23.5 Å². The largest absolute Gasteiger partial charge is 0.465 e. The van der Waals surface area contributed by atoms with Gasteiger partial charge in [0.15, 0.2) is 5.92 Å². The summed E-state index contributed by atoms with van der Waals surface area (Å²) in [5.41, 5.74) is 0.258. The molecular formula is C14H15BrFNO4. The number of carbonyl (C=O) groups is 2. The number of benzene rings is 1. The molecule has 0 atom stereocenters. The van der Waals surface area contributed by atoms with Gasteiger partial charge in [0, 0.05) is 16.8 Å². The average molecular weight is 360 g/mol. The average Bonchev–Trinajstić information content (AvgIpc) is 2.43. The number of halogens is 2. The molecule has 0 saturated carbocycles. The molecule has 0 bridgehead atoms. The summed E-state index contributed by atoms with van der Waals surface area (Å²) in [4.78, 5) is 27.4. The van der Waals surface area contributed by atoms with Crippen LogP contribution in [0, 0.1) is 11.7 Å². The Balaban J connectivity index is 2.99. The van der Waals surface area contributed by atoms with Crippen molar-refractivity contribution in [1.82, 2.24) is 0 Å². The Hall–Kier alpha value is -1.76. The fourth-order valence-corrected chi connectivity index (χ4v) is 1.77. The second kappa shape index (κ2) is 8.51. The molecule has 0 saturated heterocycles. The van der Waals surface area contributed by atoms with Crippen LogP contribution in [0.2, 0.25) is 0 Å². The Kier molecular flexibility index (Phi) is 7.01. The molecule has 0 amide bonds. The molecule has 0 aliphatic carbocycles. The van der Waals surface area contributed by atoms with Crippen molar-refractivity contribution in [2.45, 2.75) is 13.8 Å². The van der Waals surface area contributed by atoms with Gasteiger partial charge in [-0.2, -0.15) is 0 Å². The summed E-state index contributed by atoms with van der Waals surface area (Å²) in [6, 6.07) is 3.91. The van der Waals surface area contributed by atoms with Crippen LogP contribution in [0.1, 0.15) is 13.8 Å². The monoisotopic (exact) mass is 359 g/mol. The summed E-state index contributed by atoms with van der Waals surface area (Å²) < 4.78 is 23.3. The number of aliphatic imine (C=N–C) groups is 1. The quantitative estimate of drug-likeness (QED) is 0.444. The molecule has 114 valence electrons. The Morgan fingerprint density at radius 3 is 2.38 bits per heavy atom. The Bertz CT molecular complexity index is 530. The van der Waals surface area contributed by atoms with Gasteiger partial charge < -0.3 is 9.47 Å². The number of esters is 2. The number of carbonyl (C=O) groups excluding carboxylic acids is 2. The van der Waals surface area contributed by atoms with Crippen molar-refractivity contribution in [1.29, 1.82) is 0 Å². The lowest BCUT2D eigenvalue weighted by Crippen LogP contribution is -2.29. The van der Waals surface area contributed by atoms with Crippen LogP contribution < -0.4 is 0 Å². The lowest BCUT2D eigenvalue weighted by atomic mass is 10.1. The van der Waals surface area contributed by atoms with Gasteiger partial charge in [-0.15, -0.1) is 0 Å². The minimum atomic E-state index is -1.28. The molecule has 0 N–H and O–H groups in total. The van der Waals surface area contributed by atoms with Gasteiger partial charge in [0.25, 0.3) is 0 Å². The minimum absolute atomic E-state index is 0.131. The molecule has 5 nitrogen and oxygen atoms in total. The fourth-order valence-electron chi connectivity index (χ4n) is 1.42. The van der Waals surface area contributed by atoms with Crippen LogP contribution in [-0.2, 0) is 19.1 Å². The molecule has 0 radical (unpaired) electrons. The summed E-state index contributed by atoms with van der Waals surface area (Å²) in [7, 11) is 0. The third-order valence-electron chi connectivity index (χ3n) is 2.35. The smallest absolute Gasteiger partial charge is 0.325 e. The molecule has 21 heavy (non-hydrogen) atoms. The van der Waals surface area contributed by atoms with Crippen LogP contribution in [0.15, 0.2) is 27.7 Å². The first-order valence-corrected chi connectivity index (χ1v) is 7.11. The van der Waals surface area contributed by atoms with E-state index in [0.29, 0.717) is 4.47 Å². The Morgan fingerprint density at radius 2 is 1.86 bits per heavy atom. The van der Waals surface area contributed by atoms with E-state index in [4.69, 9.17) is 9.47 Å². The van der Waals surface area contributed by atoms with Crippen molar-refractivity contribution in [2.75, 3.05) is 13.2 Å². The van der Waals surface area contributed by atoms with Crippen LogP contribution in [0.25, 0.3) is 0 Å². The zero-order valence-corrected chi connectivity index (χ0v) is 13.2. The van der Waals surface area contributed by atoms with Gasteiger partial charge in [0.2, 0.25) is 0 Å². The van der Waals surface area contributed by atoms with Crippen molar-refractivity contribution in [2.24, 2.45) is 10.9 Å². The first-order valence-electron chi connectivity index (χ1n) is 6.32. The zero-order chi connectivity index (χ0) is 15.8. The third-order valence-corrected chi connectivity index (χ3v) is 3.02. The van der Waals surface area contributed by atoms with E-state index in [0.717, 1.165) is 6.21 Å². The first-order chi connectivity index (χ1) is 9.99. The van der Waals surface area contributed by atoms with E-state index in [1.165, 1.54) is 18.2 Å². The summed E-state index contributed by atoms with van der Waals surface area (Å²) in [6.07, 6.45) is 1.09. The summed E-state index contributed by atoms with van der Waals surface area (Å²) >= 11 is 3.20. The van der Waals surface area contributed by atoms with Crippen LogP contribution >= 0.6 is 15.9 Å². The predicted octanol–water partition coefficient (Wildman–Crippen LogP) is 3.03. The second-order valence-electron chi connectivity index (χ2n) is 3.86. The molecule has 0 unspecified atom stereocenters. The third kappa shape index (κ3) is 5.26. The van der Waals surface area contributed by atoms with Gasteiger partial charge in [-0.3, -0.25) is 14.6 Å². The number of hydrogen-bond acceptors (Lipinski definition) is 5. The topological polar surface area (TPSA) is 65.0 Å². The molecule has 0 aliphatic rings. The number of nitrogens with zero attached hydrogens (tertiary/aromatic N) is 1.